The Bertz CT molecular complexity index is 95.8. The van der Waals surface area contributed by atoms with Crippen LogP contribution < -0.4 is 0 Å². The number of rotatable bonds is 3. The van der Waals surface area contributed by atoms with E-state index in [0.717, 1.165) is 19.1 Å². The van der Waals surface area contributed by atoms with Crippen molar-refractivity contribution < 1.29 is 4.74 Å². The maximum absolute atomic E-state index is 5.00. The van der Waals surface area contributed by atoms with Crippen molar-refractivity contribution in [2.45, 2.75) is 27.2 Å². The van der Waals surface area contributed by atoms with E-state index in [4.69, 9.17) is 4.74 Å². The summed E-state index contributed by atoms with van der Waals surface area (Å²) in [5.74, 6) is 0.900. The molecule has 74 valence electrons. The minimum absolute atomic E-state index is 0.882. The van der Waals surface area contributed by atoms with E-state index in [1.165, 1.54) is 19.5 Å². The molecule has 0 amide bonds. The standard InChI is InChI=1S/C8H17NO.C2H6/c1-8-3-4-9(7-8)5-6-10-2;1-2/h8H,3-7H2,1-2H3;1-2H3. The van der Waals surface area contributed by atoms with Crippen molar-refractivity contribution in [1.29, 1.82) is 0 Å². The summed E-state index contributed by atoms with van der Waals surface area (Å²) in [5, 5.41) is 0. The average molecular weight is 173 g/mol. The second-order valence-corrected chi connectivity index (χ2v) is 3.19. The Hall–Kier alpha value is -0.0800. The summed E-state index contributed by atoms with van der Waals surface area (Å²) in [5.41, 5.74) is 0. The number of ether oxygens (including phenoxy) is 1. The quantitative estimate of drug-likeness (QED) is 0.647. The Balaban J connectivity index is 0.000000561. The molecular weight excluding hydrogens is 150 g/mol. The molecule has 2 nitrogen and oxygen atoms in total. The van der Waals surface area contributed by atoms with Gasteiger partial charge in [-0.3, -0.25) is 0 Å². The topological polar surface area (TPSA) is 12.5 Å². The van der Waals surface area contributed by atoms with Gasteiger partial charge in [0.2, 0.25) is 0 Å². The van der Waals surface area contributed by atoms with Gasteiger partial charge in [0.15, 0.2) is 0 Å². The van der Waals surface area contributed by atoms with Crippen molar-refractivity contribution in [1.82, 2.24) is 4.90 Å². The van der Waals surface area contributed by atoms with Crippen molar-refractivity contribution in [3.63, 3.8) is 0 Å². The van der Waals surface area contributed by atoms with Crippen LogP contribution in [0.3, 0.4) is 0 Å². The smallest absolute Gasteiger partial charge is 0.0589 e. The van der Waals surface area contributed by atoms with E-state index in [-0.39, 0.29) is 0 Å². The first-order valence-corrected chi connectivity index (χ1v) is 5.04. The molecule has 0 radical (unpaired) electrons. The lowest BCUT2D eigenvalue weighted by Gasteiger charge is -2.13. The highest BCUT2D eigenvalue weighted by Gasteiger charge is 2.17. The van der Waals surface area contributed by atoms with E-state index in [2.05, 4.69) is 11.8 Å². The van der Waals surface area contributed by atoms with Gasteiger partial charge in [0, 0.05) is 20.2 Å². The third-order valence-corrected chi connectivity index (χ3v) is 2.12. The van der Waals surface area contributed by atoms with Gasteiger partial charge in [-0.15, -0.1) is 0 Å². The van der Waals surface area contributed by atoms with Gasteiger partial charge in [0.1, 0.15) is 0 Å². The molecule has 0 aromatic rings. The lowest BCUT2D eigenvalue weighted by atomic mass is 10.2. The minimum Gasteiger partial charge on any atom is -0.383 e. The number of likely N-dealkylation sites (tertiary alicyclic amines) is 1. The van der Waals surface area contributed by atoms with E-state index in [9.17, 15) is 0 Å². The highest BCUT2D eigenvalue weighted by molar-refractivity contribution is 4.71. The third-order valence-electron chi connectivity index (χ3n) is 2.12. The summed E-state index contributed by atoms with van der Waals surface area (Å²) in [6, 6.07) is 0. The molecule has 0 N–H and O–H groups in total. The van der Waals surface area contributed by atoms with Crippen molar-refractivity contribution >= 4 is 0 Å². The van der Waals surface area contributed by atoms with E-state index in [0.29, 0.717) is 0 Å². The summed E-state index contributed by atoms with van der Waals surface area (Å²) >= 11 is 0. The maximum Gasteiger partial charge on any atom is 0.0589 e. The van der Waals surface area contributed by atoms with Crippen molar-refractivity contribution in [2.24, 2.45) is 5.92 Å². The van der Waals surface area contributed by atoms with Gasteiger partial charge >= 0.3 is 0 Å². The largest absolute Gasteiger partial charge is 0.383 e. The predicted octanol–water partition coefficient (Wildman–Crippen LogP) is 2.00. The van der Waals surface area contributed by atoms with E-state index < -0.39 is 0 Å². The Morgan fingerprint density at radius 1 is 1.42 bits per heavy atom. The van der Waals surface area contributed by atoms with Crippen molar-refractivity contribution in [2.75, 3.05) is 33.4 Å². The van der Waals surface area contributed by atoms with E-state index in [1.807, 2.05) is 13.8 Å². The van der Waals surface area contributed by atoms with Crippen LogP contribution in [-0.4, -0.2) is 38.3 Å². The molecule has 1 unspecified atom stereocenters. The van der Waals surface area contributed by atoms with Gasteiger partial charge in [-0.2, -0.15) is 0 Å². The molecule has 0 spiro atoms. The van der Waals surface area contributed by atoms with E-state index in [1.54, 1.807) is 7.11 Å². The summed E-state index contributed by atoms with van der Waals surface area (Å²) in [6.07, 6.45) is 1.36. The molecule has 1 aliphatic rings. The molecule has 0 aliphatic carbocycles. The minimum atomic E-state index is 0.882. The fourth-order valence-corrected chi connectivity index (χ4v) is 1.45. The Labute approximate surface area is 76.9 Å². The van der Waals surface area contributed by atoms with Gasteiger partial charge < -0.3 is 9.64 Å². The fourth-order valence-electron chi connectivity index (χ4n) is 1.45. The first-order valence-electron chi connectivity index (χ1n) is 5.04. The Morgan fingerprint density at radius 2 is 2.08 bits per heavy atom. The van der Waals surface area contributed by atoms with Crippen molar-refractivity contribution in [3.05, 3.63) is 0 Å². The lowest BCUT2D eigenvalue weighted by Crippen LogP contribution is -2.24. The molecule has 1 heterocycles. The average Bonchev–Trinajstić information content (AvgIpc) is 2.51. The molecule has 0 bridgehead atoms. The van der Waals surface area contributed by atoms with Gasteiger partial charge in [0.05, 0.1) is 6.61 Å². The molecule has 1 saturated heterocycles. The molecule has 1 aliphatic heterocycles. The molecule has 1 atom stereocenters. The van der Waals surface area contributed by atoms with Crippen LogP contribution in [0.5, 0.6) is 0 Å². The van der Waals surface area contributed by atoms with Crippen LogP contribution in [0.25, 0.3) is 0 Å². The van der Waals surface area contributed by atoms with Gasteiger partial charge in [0.25, 0.3) is 0 Å². The van der Waals surface area contributed by atoms with Crippen LogP contribution in [-0.2, 0) is 4.74 Å². The number of hydrogen-bond donors (Lipinski definition) is 0. The molecule has 0 saturated carbocycles. The van der Waals surface area contributed by atoms with Gasteiger partial charge in [-0.25, -0.2) is 0 Å². The zero-order valence-corrected chi connectivity index (χ0v) is 8.97. The van der Waals surface area contributed by atoms with Crippen LogP contribution >= 0.6 is 0 Å². The molecular formula is C10H23NO. The van der Waals surface area contributed by atoms with Crippen LogP contribution in [0.1, 0.15) is 27.2 Å². The van der Waals surface area contributed by atoms with Crippen LogP contribution in [0.15, 0.2) is 0 Å². The number of methoxy groups -OCH3 is 1. The molecule has 12 heavy (non-hydrogen) atoms. The zero-order valence-electron chi connectivity index (χ0n) is 8.97. The maximum atomic E-state index is 5.00. The summed E-state index contributed by atoms with van der Waals surface area (Å²) in [7, 11) is 1.76. The van der Waals surface area contributed by atoms with Crippen LogP contribution in [0.2, 0.25) is 0 Å². The first kappa shape index (κ1) is 11.9. The first-order chi connectivity index (χ1) is 5.83. The lowest BCUT2D eigenvalue weighted by molar-refractivity contribution is 0.159. The molecule has 1 fully saturated rings. The third kappa shape index (κ3) is 4.73. The SMILES string of the molecule is CC.COCCN1CCC(C)C1. The molecule has 1 rings (SSSR count). The highest BCUT2D eigenvalue weighted by atomic mass is 16.5. The summed E-state index contributed by atoms with van der Waals surface area (Å²) < 4.78 is 5.00. The monoisotopic (exact) mass is 173 g/mol. The zero-order chi connectivity index (χ0) is 9.40. The normalized spacial score (nSPS) is 23.5. The summed E-state index contributed by atoms with van der Waals surface area (Å²) in [4.78, 5) is 2.47. The fraction of sp³-hybridized carbons (Fsp3) is 1.00. The Morgan fingerprint density at radius 3 is 2.50 bits per heavy atom. The second kappa shape index (κ2) is 7.56. The Kier molecular flexibility index (Phi) is 7.51. The molecule has 0 aromatic carbocycles. The van der Waals surface area contributed by atoms with Crippen LogP contribution in [0.4, 0.5) is 0 Å². The van der Waals surface area contributed by atoms with Crippen molar-refractivity contribution in [3.8, 4) is 0 Å². The number of hydrogen-bond acceptors (Lipinski definition) is 2. The molecule has 0 aromatic heterocycles. The summed E-state index contributed by atoms with van der Waals surface area (Å²) in [6.45, 7) is 10.8. The number of nitrogens with zero attached hydrogens (tertiary/aromatic N) is 1. The van der Waals surface area contributed by atoms with Gasteiger partial charge in [-0.1, -0.05) is 20.8 Å². The van der Waals surface area contributed by atoms with E-state index >= 15 is 0 Å². The highest BCUT2D eigenvalue weighted by Crippen LogP contribution is 2.13. The molecule has 2 heteroatoms. The second-order valence-electron chi connectivity index (χ2n) is 3.19. The van der Waals surface area contributed by atoms with Gasteiger partial charge in [-0.05, 0) is 18.9 Å². The predicted molar refractivity (Wildman–Crippen MR) is 53.4 cm³/mol. The van der Waals surface area contributed by atoms with Crippen LogP contribution in [0, 0.1) is 5.92 Å².